The molecule has 12 heteroatoms. The minimum Gasteiger partial charge on any atom is -0.497 e. The molecule has 1 aliphatic carbocycles. The lowest BCUT2D eigenvalue weighted by atomic mass is 10.0. The van der Waals surface area contributed by atoms with Crippen LogP contribution in [0, 0.1) is 11.8 Å². The highest BCUT2D eigenvalue weighted by Gasteiger charge is 2.61. The zero-order chi connectivity index (χ0) is 36.1. The number of amides is 3. The van der Waals surface area contributed by atoms with Gasteiger partial charge in [0.1, 0.15) is 29.0 Å². The lowest BCUT2D eigenvalue weighted by Crippen LogP contribution is -2.57. The second kappa shape index (κ2) is 15.0. The lowest BCUT2D eigenvalue weighted by Gasteiger charge is -2.31. The summed E-state index contributed by atoms with van der Waals surface area (Å²) >= 11 is 0. The number of fused-ring (bicyclic) bond motifs is 1. The van der Waals surface area contributed by atoms with Crippen LogP contribution in [0.3, 0.4) is 0 Å². The predicted molar refractivity (Wildman–Crippen MR) is 186 cm³/mol. The Labute approximate surface area is 285 Å². The minimum absolute atomic E-state index is 0.00950. The van der Waals surface area contributed by atoms with E-state index in [-0.39, 0.29) is 29.6 Å². The van der Waals surface area contributed by atoms with Gasteiger partial charge in [0.25, 0.3) is 0 Å². The Bertz CT molecular complexity index is 1760. The maximum absolute atomic E-state index is 13.2. The van der Waals surface area contributed by atoms with Crippen molar-refractivity contribution in [1.29, 1.82) is 0 Å². The van der Waals surface area contributed by atoms with Gasteiger partial charge >= 0.3 is 12.1 Å². The molecule has 1 aromatic heterocycles. The number of benzene rings is 2. The van der Waals surface area contributed by atoms with E-state index in [0.29, 0.717) is 24.8 Å². The van der Waals surface area contributed by atoms with Crippen LogP contribution >= 0.6 is 0 Å². The first-order valence-electron chi connectivity index (χ1n) is 16.3. The Morgan fingerprint density at radius 2 is 1.80 bits per heavy atom. The van der Waals surface area contributed by atoms with Crippen LogP contribution < -0.4 is 20.8 Å². The van der Waals surface area contributed by atoms with Gasteiger partial charge in [-0.25, -0.2) is 9.59 Å². The topological polar surface area (TPSA) is 167 Å². The highest BCUT2D eigenvalue weighted by molar-refractivity contribution is 5.96. The molecule has 1 saturated heterocycles. The zero-order valence-electron chi connectivity index (χ0n) is 28.9. The van der Waals surface area contributed by atoms with Crippen LogP contribution in [0.2, 0.25) is 0 Å². The molecule has 4 N–H and O–H groups in total. The molecule has 1 aliphatic heterocycles. The summed E-state index contributed by atoms with van der Waals surface area (Å²) in [6.07, 6.45) is 2.15. The first-order valence-corrected chi connectivity index (χ1v) is 16.3. The van der Waals surface area contributed by atoms with E-state index in [1.807, 2.05) is 36.4 Å². The molecule has 2 fully saturated rings. The van der Waals surface area contributed by atoms with Gasteiger partial charge in [0, 0.05) is 35.7 Å². The lowest BCUT2D eigenvalue weighted by molar-refractivity contribution is -0.145. The van der Waals surface area contributed by atoms with Crippen LogP contribution in [0.15, 0.2) is 72.0 Å². The Morgan fingerprint density at radius 1 is 1.10 bits per heavy atom. The average molecular weight is 675 g/mol. The number of aliphatic carboxylic acids is 1. The first kappa shape index (κ1) is 36.7. The van der Waals surface area contributed by atoms with Crippen molar-refractivity contribution < 1.29 is 33.8 Å². The summed E-state index contributed by atoms with van der Waals surface area (Å²) in [6, 6.07) is 15.2. The number of aromatic amines is 1. The summed E-state index contributed by atoms with van der Waals surface area (Å²) in [5.74, 6) is -1.81. The number of carboxylic acids is 1. The molecule has 2 heterocycles. The van der Waals surface area contributed by atoms with E-state index in [0.717, 1.165) is 22.5 Å². The van der Waals surface area contributed by atoms with E-state index in [4.69, 9.17) is 9.47 Å². The number of carboxylic acid groups (broad SMARTS) is 1. The molecule has 0 spiro atoms. The van der Waals surface area contributed by atoms with Gasteiger partial charge in [-0.1, -0.05) is 50.3 Å². The number of ether oxygens (including phenoxy) is 2. The molecule has 4 atom stereocenters. The molecule has 0 radical (unpaired) electrons. The predicted octanol–water partition coefficient (Wildman–Crippen LogP) is 4.88. The van der Waals surface area contributed by atoms with Crippen LogP contribution in [-0.2, 0) is 19.1 Å². The fraction of sp³-hybridized carbons (Fsp3) is 0.432. The monoisotopic (exact) mass is 674 g/mol. The van der Waals surface area contributed by atoms with E-state index in [9.17, 15) is 29.1 Å². The SMILES string of the molecule is C=CC1C[C@]1(NC(=O)C1CCCN1C(=O)C(NC(=O)OC(C)(C)C)C(C)C)C(=O)O.COc1ccc2c(=O)cc(-c3ccccc3)[nH]c2c1. The third-order valence-electron chi connectivity index (χ3n) is 8.59. The van der Waals surface area contributed by atoms with Gasteiger partial charge in [-0.3, -0.25) is 14.4 Å². The first-order chi connectivity index (χ1) is 23.1. The van der Waals surface area contributed by atoms with Crippen molar-refractivity contribution in [3.05, 3.63) is 77.5 Å². The maximum atomic E-state index is 13.2. The van der Waals surface area contributed by atoms with E-state index in [1.54, 1.807) is 59.9 Å². The quantitative estimate of drug-likeness (QED) is 0.233. The number of carbonyl (C=O) groups is 4. The Kier molecular flexibility index (Phi) is 11.2. The maximum Gasteiger partial charge on any atom is 0.408 e. The summed E-state index contributed by atoms with van der Waals surface area (Å²) in [4.78, 5) is 66.7. The number of nitrogens with one attached hydrogen (secondary N) is 3. The van der Waals surface area contributed by atoms with Crippen molar-refractivity contribution >= 4 is 34.8 Å². The largest absolute Gasteiger partial charge is 0.497 e. The number of methoxy groups -OCH3 is 1. The van der Waals surface area contributed by atoms with Crippen molar-refractivity contribution in [2.75, 3.05) is 13.7 Å². The van der Waals surface area contributed by atoms with Gasteiger partial charge in [0.15, 0.2) is 5.43 Å². The molecule has 262 valence electrons. The van der Waals surface area contributed by atoms with Crippen LogP contribution in [0.5, 0.6) is 5.75 Å². The summed E-state index contributed by atoms with van der Waals surface area (Å²) < 4.78 is 10.4. The molecule has 3 aromatic rings. The second-order valence-corrected chi connectivity index (χ2v) is 13.7. The van der Waals surface area contributed by atoms with E-state index < -0.39 is 41.2 Å². The Hall–Kier alpha value is -5.13. The number of H-pyrrole nitrogens is 1. The van der Waals surface area contributed by atoms with Crippen molar-refractivity contribution in [2.24, 2.45) is 11.8 Å². The number of carbonyl (C=O) groups excluding carboxylic acids is 3. The second-order valence-electron chi connectivity index (χ2n) is 13.7. The van der Waals surface area contributed by atoms with Gasteiger partial charge < -0.3 is 35.1 Å². The smallest absolute Gasteiger partial charge is 0.408 e. The van der Waals surface area contributed by atoms with Gasteiger partial charge in [-0.2, -0.15) is 0 Å². The van der Waals surface area contributed by atoms with Crippen LogP contribution in [0.25, 0.3) is 22.2 Å². The zero-order valence-corrected chi connectivity index (χ0v) is 28.9. The van der Waals surface area contributed by atoms with Gasteiger partial charge in [0.05, 0.1) is 12.6 Å². The number of rotatable bonds is 9. The summed E-state index contributed by atoms with van der Waals surface area (Å²) in [6.45, 7) is 12.8. The number of hydrogen-bond donors (Lipinski definition) is 4. The molecular formula is C37H46N4O8. The summed E-state index contributed by atoms with van der Waals surface area (Å²) in [5, 5.41) is 15.4. The van der Waals surface area contributed by atoms with Gasteiger partial charge in [0.2, 0.25) is 11.8 Å². The third-order valence-corrected chi connectivity index (χ3v) is 8.59. The molecule has 5 rings (SSSR count). The molecular weight excluding hydrogens is 628 g/mol. The number of pyridine rings is 1. The minimum atomic E-state index is -1.34. The van der Waals surface area contributed by atoms with E-state index in [1.165, 1.54) is 11.0 Å². The molecule has 49 heavy (non-hydrogen) atoms. The van der Waals surface area contributed by atoms with Crippen molar-refractivity contribution in [1.82, 2.24) is 20.5 Å². The normalized spacial score (nSPS) is 20.4. The Balaban J connectivity index is 0.000000242. The number of alkyl carbamates (subject to hydrolysis) is 1. The summed E-state index contributed by atoms with van der Waals surface area (Å²) in [7, 11) is 1.61. The molecule has 3 unspecified atom stereocenters. The third kappa shape index (κ3) is 8.67. The number of hydrogen-bond acceptors (Lipinski definition) is 7. The average Bonchev–Trinajstić information content (AvgIpc) is 3.54. The fourth-order valence-corrected chi connectivity index (χ4v) is 5.88. The number of aromatic nitrogens is 1. The molecule has 2 aliphatic rings. The van der Waals surface area contributed by atoms with Crippen molar-refractivity contribution in [3.8, 4) is 17.0 Å². The van der Waals surface area contributed by atoms with Crippen LogP contribution in [0.4, 0.5) is 4.79 Å². The van der Waals surface area contributed by atoms with E-state index >= 15 is 0 Å². The molecule has 0 bridgehead atoms. The van der Waals surface area contributed by atoms with Crippen molar-refractivity contribution in [3.63, 3.8) is 0 Å². The van der Waals surface area contributed by atoms with E-state index in [2.05, 4.69) is 22.2 Å². The van der Waals surface area contributed by atoms with Crippen molar-refractivity contribution in [2.45, 2.75) is 77.1 Å². The molecule has 3 amide bonds. The fourth-order valence-electron chi connectivity index (χ4n) is 5.88. The highest BCUT2D eigenvalue weighted by Crippen LogP contribution is 2.44. The molecule has 12 nitrogen and oxygen atoms in total. The highest BCUT2D eigenvalue weighted by atomic mass is 16.6. The molecule has 2 aromatic carbocycles. The number of nitrogens with zero attached hydrogens (tertiary/aromatic N) is 1. The number of likely N-dealkylation sites (tertiary alicyclic amines) is 1. The Morgan fingerprint density at radius 3 is 2.37 bits per heavy atom. The van der Waals surface area contributed by atoms with Gasteiger partial charge in [-0.05, 0) is 63.6 Å². The standard InChI is InChI=1S/C21H33N3O6.C16H13NO2/c1-7-13-11-21(13,18(27)28)23-16(25)14-9-8-10-24(14)17(26)15(12(2)3)22-19(29)30-20(4,5)6;1-19-12-7-8-13-15(9-12)17-14(10-16(13)18)11-5-3-2-4-6-11/h7,12-15H,1,8-11H2,2-6H3,(H,22,29)(H,23,25)(H,27,28);2-10H,1H3,(H,17,18)/t13?,14?,15?,21-;/m1./s1. The molecule has 1 saturated carbocycles. The summed E-state index contributed by atoms with van der Waals surface area (Å²) in [5.41, 5.74) is 0.543. The van der Waals surface area contributed by atoms with Gasteiger partial charge in [-0.15, -0.1) is 6.58 Å². The van der Waals surface area contributed by atoms with Crippen LogP contribution in [0.1, 0.15) is 53.9 Å². The van der Waals surface area contributed by atoms with Crippen LogP contribution in [-0.4, -0.2) is 75.7 Å².